The summed E-state index contributed by atoms with van der Waals surface area (Å²) >= 11 is 0. The number of aryl methyl sites for hydroxylation is 3. The lowest BCUT2D eigenvalue weighted by atomic mass is 10.1. The number of carbonyl (C=O) groups is 2. The third kappa shape index (κ3) is 4.34. The number of carboxylic acids is 1. The molecule has 0 aliphatic heterocycles. The molecule has 0 unspecified atom stereocenters. The Morgan fingerprint density at radius 2 is 1.96 bits per heavy atom. The van der Waals surface area contributed by atoms with Crippen LogP contribution < -0.4 is 16.6 Å². The van der Waals surface area contributed by atoms with Crippen molar-refractivity contribution < 1.29 is 14.7 Å². The lowest BCUT2D eigenvalue weighted by molar-refractivity contribution is -0.137. The molecular weight excluding hydrogens is 366 g/mol. The minimum atomic E-state index is -0.878. The Balaban J connectivity index is 1.64. The number of fused-ring (bicyclic) bond motifs is 1. The lowest BCUT2D eigenvalue weighted by Gasteiger charge is -2.06. The molecule has 3 rings (SSSR count). The second-order valence-corrected chi connectivity index (χ2v) is 6.34. The van der Waals surface area contributed by atoms with Crippen molar-refractivity contribution in [3.63, 3.8) is 0 Å². The van der Waals surface area contributed by atoms with Crippen LogP contribution in [0.3, 0.4) is 0 Å². The van der Waals surface area contributed by atoms with Crippen LogP contribution in [-0.4, -0.2) is 36.5 Å². The maximum Gasteiger partial charge on any atom is 0.329 e. The van der Waals surface area contributed by atoms with Crippen LogP contribution >= 0.6 is 0 Å². The molecule has 0 bridgehead atoms. The van der Waals surface area contributed by atoms with E-state index in [0.29, 0.717) is 17.9 Å². The van der Waals surface area contributed by atoms with Gasteiger partial charge in [-0.3, -0.25) is 23.9 Å². The van der Waals surface area contributed by atoms with Gasteiger partial charge in [-0.2, -0.15) is 0 Å². The topological polar surface area (TPSA) is 150 Å². The van der Waals surface area contributed by atoms with Crippen LogP contribution in [0, 0.1) is 0 Å². The van der Waals surface area contributed by atoms with E-state index in [9.17, 15) is 19.2 Å². The van der Waals surface area contributed by atoms with Gasteiger partial charge in [0.2, 0.25) is 5.91 Å². The van der Waals surface area contributed by atoms with Gasteiger partial charge in [-0.05, 0) is 24.1 Å². The summed E-state index contributed by atoms with van der Waals surface area (Å²) in [4.78, 5) is 55.5. The van der Waals surface area contributed by atoms with E-state index in [1.807, 2.05) is 0 Å². The number of nitrogens with one attached hydrogen (secondary N) is 3. The highest BCUT2D eigenvalue weighted by atomic mass is 16.4. The zero-order chi connectivity index (χ0) is 20.3. The Hall–Kier alpha value is -3.69. The van der Waals surface area contributed by atoms with Crippen LogP contribution in [0.5, 0.6) is 0 Å². The first-order chi connectivity index (χ1) is 13.3. The Bertz CT molecular complexity index is 1160. The molecule has 0 aliphatic rings. The van der Waals surface area contributed by atoms with Crippen molar-refractivity contribution in [2.24, 2.45) is 7.05 Å². The number of carbonyl (C=O) groups excluding carboxylic acids is 1. The minimum Gasteiger partial charge on any atom is -0.481 e. The molecule has 10 heteroatoms. The molecule has 4 N–H and O–H groups in total. The summed E-state index contributed by atoms with van der Waals surface area (Å²) in [5.41, 5.74) is 0.698. The van der Waals surface area contributed by atoms with E-state index >= 15 is 0 Å². The number of aliphatic carboxylic acids is 1. The molecule has 0 aliphatic carbocycles. The Morgan fingerprint density at radius 1 is 1.18 bits per heavy atom. The zero-order valence-corrected chi connectivity index (χ0v) is 15.1. The van der Waals surface area contributed by atoms with Crippen molar-refractivity contribution in [1.82, 2.24) is 19.5 Å². The molecule has 3 aromatic rings. The normalized spacial score (nSPS) is 10.9. The van der Waals surface area contributed by atoms with Crippen molar-refractivity contribution in [1.29, 1.82) is 0 Å². The third-order valence-corrected chi connectivity index (χ3v) is 4.23. The number of aromatic nitrogens is 4. The summed E-state index contributed by atoms with van der Waals surface area (Å²) in [6.07, 6.45) is 0.772. The molecule has 0 fully saturated rings. The highest BCUT2D eigenvalue weighted by Gasteiger charge is 2.12. The number of aromatic amines is 2. The molecular formula is C18H19N5O5. The van der Waals surface area contributed by atoms with Crippen LogP contribution in [0.15, 0.2) is 33.9 Å². The third-order valence-electron chi connectivity index (χ3n) is 4.23. The molecule has 28 heavy (non-hydrogen) atoms. The Kier molecular flexibility index (Phi) is 5.39. The average molecular weight is 385 g/mol. The number of rotatable bonds is 7. The molecule has 2 aromatic heterocycles. The van der Waals surface area contributed by atoms with E-state index in [4.69, 9.17) is 5.11 Å². The predicted octanol–water partition coefficient (Wildman–Crippen LogP) is 0.538. The van der Waals surface area contributed by atoms with Gasteiger partial charge in [-0.15, -0.1) is 0 Å². The zero-order valence-electron chi connectivity index (χ0n) is 15.1. The summed E-state index contributed by atoms with van der Waals surface area (Å²) in [7, 11) is 1.50. The first-order valence-electron chi connectivity index (χ1n) is 8.62. The van der Waals surface area contributed by atoms with E-state index in [-0.39, 0.29) is 36.3 Å². The highest BCUT2D eigenvalue weighted by molar-refractivity contribution is 5.90. The first-order valence-corrected chi connectivity index (χ1v) is 8.62. The largest absolute Gasteiger partial charge is 0.481 e. The van der Waals surface area contributed by atoms with Gasteiger partial charge < -0.3 is 15.4 Å². The molecule has 0 saturated carbocycles. The van der Waals surface area contributed by atoms with E-state index in [2.05, 4.69) is 20.3 Å². The van der Waals surface area contributed by atoms with E-state index in [0.717, 1.165) is 5.56 Å². The quantitative estimate of drug-likeness (QED) is 0.466. The van der Waals surface area contributed by atoms with Crippen LogP contribution in [0.1, 0.15) is 24.2 Å². The fourth-order valence-electron chi connectivity index (χ4n) is 2.78. The van der Waals surface area contributed by atoms with Crippen LogP contribution in [0.2, 0.25) is 0 Å². The van der Waals surface area contributed by atoms with Gasteiger partial charge >= 0.3 is 11.7 Å². The highest BCUT2D eigenvalue weighted by Crippen LogP contribution is 2.13. The number of anilines is 1. The molecule has 1 amide bonds. The van der Waals surface area contributed by atoms with Gasteiger partial charge in [0.05, 0.1) is 0 Å². The second-order valence-electron chi connectivity index (χ2n) is 6.34. The Labute approximate surface area is 158 Å². The van der Waals surface area contributed by atoms with Gasteiger partial charge in [0.15, 0.2) is 5.65 Å². The smallest absolute Gasteiger partial charge is 0.329 e. The molecule has 2 heterocycles. The van der Waals surface area contributed by atoms with Crippen LogP contribution in [0.25, 0.3) is 11.2 Å². The van der Waals surface area contributed by atoms with Gasteiger partial charge in [0.1, 0.15) is 11.3 Å². The van der Waals surface area contributed by atoms with Crippen molar-refractivity contribution >= 4 is 28.7 Å². The van der Waals surface area contributed by atoms with Gasteiger partial charge in [0, 0.05) is 32.0 Å². The minimum absolute atomic E-state index is 0.0189. The van der Waals surface area contributed by atoms with Gasteiger partial charge in [-0.1, -0.05) is 12.1 Å². The number of amides is 1. The number of nitrogens with zero attached hydrogens (tertiary/aromatic N) is 2. The summed E-state index contributed by atoms with van der Waals surface area (Å²) in [5.74, 6) is -0.706. The van der Waals surface area contributed by atoms with Crippen molar-refractivity contribution in [3.8, 4) is 0 Å². The molecule has 0 radical (unpaired) electrons. The number of carboxylic acid groups (broad SMARTS) is 1. The maximum atomic E-state index is 12.2. The van der Waals surface area contributed by atoms with Crippen LogP contribution in [0.4, 0.5) is 5.69 Å². The number of hydrogen-bond acceptors (Lipinski definition) is 5. The summed E-state index contributed by atoms with van der Waals surface area (Å²) < 4.78 is 1.22. The first kappa shape index (κ1) is 19.1. The SMILES string of the molecule is Cn1c(=O)[nH]c(=O)c2[nH]c(CCC(=O)Nc3cccc(CCC(=O)O)c3)nc21. The van der Waals surface area contributed by atoms with Gasteiger partial charge in [-0.25, -0.2) is 9.78 Å². The fourth-order valence-corrected chi connectivity index (χ4v) is 2.78. The maximum absolute atomic E-state index is 12.2. The Morgan fingerprint density at radius 3 is 2.71 bits per heavy atom. The summed E-state index contributed by atoms with van der Waals surface area (Å²) in [6, 6.07) is 7.00. The van der Waals surface area contributed by atoms with E-state index in [1.54, 1.807) is 24.3 Å². The van der Waals surface area contributed by atoms with E-state index < -0.39 is 17.2 Å². The standard InChI is InChI=1S/C18H19N5O5/c1-23-16-15(17(27)22-18(23)28)20-12(21-16)6-7-13(24)19-11-4-2-3-10(9-11)5-8-14(25)26/h2-4,9H,5-8H2,1H3,(H,19,24)(H,20,21)(H,25,26)(H,22,27,28). The molecule has 10 nitrogen and oxygen atoms in total. The van der Waals surface area contributed by atoms with Crippen molar-refractivity contribution in [2.75, 3.05) is 5.32 Å². The molecule has 0 atom stereocenters. The summed E-state index contributed by atoms with van der Waals surface area (Å²) in [6.45, 7) is 0. The number of H-pyrrole nitrogens is 2. The van der Waals surface area contributed by atoms with E-state index in [1.165, 1.54) is 11.6 Å². The second kappa shape index (κ2) is 7.91. The lowest BCUT2D eigenvalue weighted by Crippen LogP contribution is -2.28. The molecule has 0 saturated heterocycles. The predicted molar refractivity (Wildman–Crippen MR) is 101 cm³/mol. The number of hydrogen-bond donors (Lipinski definition) is 4. The molecule has 1 aromatic carbocycles. The monoisotopic (exact) mass is 385 g/mol. The molecule has 0 spiro atoms. The van der Waals surface area contributed by atoms with Crippen molar-refractivity contribution in [2.45, 2.75) is 25.7 Å². The molecule has 146 valence electrons. The van der Waals surface area contributed by atoms with Crippen molar-refractivity contribution in [3.05, 3.63) is 56.5 Å². The average Bonchev–Trinajstić information content (AvgIpc) is 3.08. The fraction of sp³-hybridized carbons (Fsp3) is 0.278. The number of benzene rings is 1. The number of imidazole rings is 1. The summed E-state index contributed by atoms with van der Waals surface area (Å²) in [5, 5.41) is 11.5. The van der Waals surface area contributed by atoms with Crippen LogP contribution in [-0.2, 0) is 29.5 Å². The van der Waals surface area contributed by atoms with Gasteiger partial charge in [0.25, 0.3) is 5.56 Å².